The number of benzene rings is 2. The summed E-state index contributed by atoms with van der Waals surface area (Å²) >= 11 is 0. The second-order valence-corrected chi connectivity index (χ2v) is 6.52. The summed E-state index contributed by atoms with van der Waals surface area (Å²) in [6.07, 6.45) is 1.75. The lowest BCUT2D eigenvalue weighted by molar-refractivity contribution is 0.583. The lowest BCUT2D eigenvalue weighted by atomic mass is 9.87. The summed E-state index contributed by atoms with van der Waals surface area (Å²) < 4.78 is 5.64. The highest BCUT2D eigenvalue weighted by Crippen LogP contribution is 2.28. The molecule has 0 aliphatic heterocycles. The van der Waals surface area contributed by atoms with Gasteiger partial charge in [-0.2, -0.15) is 0 Å². The molecule has 0 aliphatic carbocycles. The Labute approximate surface area is 131 Å². The van der Waals surface area contributed by atoms with E-state index >= 15 is 0 Å². The molecule has 0 radical (unpaired) electrons. The van der Waals surface area contributed by atoms with E-state index in [1.807, 2.05) is 36.4 Å². The van der Waals surface area contributed by atoms with Crippen molar-refractivity contribution >= 4 is 11.4 Å². The second-order valence-electron chi connectivity index (χ2n) is 6.52. The monoisotopic (exact) mass is 291 g/mol. The summed E-state index contributed by atoms with van der Waals surface area (Å²) in [4.78, 5) is 0. The average molecular weight is 291 g/mol. The minimum absolute atomic E-state index is 0.175. The van der Waals surface area contributed by atoms with Gasteiger partial charge < -0.3 is 9.73 Å². The maximum absolute atomic E-state index is 5.64. The van der Waals surface area contributed by atoms with E-state index in [0.717, 1.165) is 22.7 Å². The van der Waals surface area contributed by atoms with Crippen molar-refractivity contribution < 1.29 is 4.42 Å². The summed E-state index contributed by atoms with van der Waals surface area (Å²) in [5.74, 6) is 0.870. The zero-order valence-electron chi connectivity index (χ0n) is 13.3. The third kappa shape index (κ3) is 3.22. The molecule has 1 N–H and O–H groups in total. The molecule has 0 amide bonds. The van der Waals surface area contributed by atoms with Crippen molar-refractivity contribution in [3.8, 4) is 11.3 Å². The Morgan fingerprint density at radius 3 is 2.14 bits per heavy atom. The quantitative estimate of drug-likeness (QED) is 0.641. The van der Waals surface area contributed by atoms with Crippen LogP contribution in [0.3, 0.4) is 0 Å². The maximum Gasteiger partial charge on any atom is 0.136 e. The van der Waals surface area contributed by atoms with Crippen LogP contribution in [-0.2, 0) is 5.41 Å². The Hall–Kier alpha value is -2.48. The molecule has 0 saturated heterocycles. The van der Waals surface area contributed by atoms with Crippen molar-refractivity contribution in [1.82, 2.24) is 0 Å². The summed E-state index contributed by atoms with van der Waals surface area (Å²) in [6, 6.07) is 20.7. The van der Waals surface area contributed by atoms with Gasteiger partial charge >= 0.3 is 0 Å². The number of hydrogen-bond donors (Lipinski definition) is 1. The fraction of sp³-hybridized carbons (Fsp3) is 0.200. The van der Waals surface area contributed by atoms with Crippen LogP contribution in [0.5, 0.6) is 0 Å². The van der Waals surface area contributed by atoms with Crippen molar-refractivity contribution in [3.05, 3.63) is 72.5 Å². The first kappa shape index (κ1) is 14.5. The molecule has 22 heavy (non-hydrogen) atoms. The second kappa shape index (κ2) is 5.72. The molecule has 1 aromatic heterocycles. The van der Waals surface area contributed by atoms with Crippen LogP contribution in [0.25, 0.3) is 11.3 Å². The standard InChI is InChI=1S/C20H21NO/c1-20(2,3)16-9-11-17(12-10-16)21-18-13-19(22-14-18)15-7-5-4-6-8-15/h4-14,21H,1-3H3. The van der Waals surface area contributed by atoms with Gasteiger partial charge in [-0.3, -0.25) is 0 Å². The highest BCUT2D eigenvalue weighted by molar-refractivity contribution is 5.67. The van der Waals surface area contributed by atoms with E-state index < -0.39 is 0 Å². The van der Waals surface area contributed by atoms with Gasteiger partial charge in [-0.05, 0) is 23.1 Å². The maximum atomic E-state index is 5.64. The Morgan fingerprint density at radius 2 is 1.50 bits per heavy atom. The van der Waals surface area contributed by atoms with E-state index in [1.165, 1.54) is 5.56 Å². The Bertz CT molecular complexity index is 733. The molecule has 0 atom stereocenters. The van der Waals surface area contributed by atoms with Crippen molar-refractivity contribution in [2.45, 2.75) is 26.2 Å². The van der Waals surface area contributed by atoms with Crippen molar-refractivity contribution in [3.63, 3.8) is 0 Å². The van der Waals surface area contributed by atoms with Gasteiger partial charge in [0.05, 0.1) is 5.69 Å². The number of hydrogen-bond acceptors (Lipinski definition) is 2. The molecule has 0 fully saturated rings. The zero-order valence-corrected chi connectivity index (χ0v) is 13.3. The first-order valence-electron chi connectivity index (χ1n) is 7.54. The van der Waals surface area contributed by atoms with Crippen molar-refractivity contribution in [2.24, 2.45) is 0 Å². The highest BCUT2D eigenvalue weighted by Gasteiger charge is 2.13. The lowest BCUT2D eigenvalue weighted by Gasteiger charge is -2.19. The molecule has 3 rings (SSSR count). The molecule has 2 aromatic carbocycles. The topological polar surface area (TPSA) is 25.2 Å². The van der Waals surface area contributed by atoms with Gasteiger partial charge in [-0.1, -0.05) is 63.2 Å². The van der Waals surface area contributed by atoms with E-state index in [9.17, 15) is 0 Å². The first-order chi connectivity index (χ1) is 10.5. The normalized spacial score (nSPS) is 11.4. The van der Waals surface area contributed by atoms with Crippen LogP contribution in [0.1, 0.15) is 26.3 Å². The molecule has 2 nitrogen and oxygen atoms in total. The zero-order chi connectivity index (χ0) is 15.6. The van der Waals surface area contributed by atoms with E-state index in [1.54, 1.807) is 6.26 Å². The van der Waals surface area contributed by atoms with Crippen LogP contribution in [0.4, 0.5) is 11.4 Å². The van der Waals surface area contributed by atoms with E-state index in [-0.39, 0.29) is 5.41 Å². The summed E-state index contributed by atoms with van der Waals surface area (Å²) in [5.41, 5.74) is 4.61. The van der Waals surface area contributed by atoms with Gasteiger partial charge in [0.15, 0.2) is 0 Å². The van der Waals surface area contributed by atoms with Crippen LogP contribution >= 0.6 is 0 Å². The minimum atomic E-state index is 0.175. The Balaban J connectivity index is 1.76. The van der Waals surface area contributed by atoms with Gasteiger partial charge in [0.1, 0.15) is 12.0 Å². The Morgan fingerprint density at radius 1 is 0.818 bits per heavy atom. The van der Waals surface area contributed by atoms with Crippen LogP contribution in [0.2, 0.25) is 0 Å². The summed E-state index contributed by atoms with van der Waals surface area (Å²) in [6.45, 7) is 6.66. The highest BCUT2D eigenvalue weighted by atomic mass is 16.3. The number of furan rings is 1. The summed E-state index contributed by atoms with van der Waals surface area (Å²) in [5, 5.41) is 3.38. The van der Waals surface area contributed by atoms with E-state index in [4.69, 9.17) is 4.42 Å². The van der Waals surface area contributed by atoms with Crippen molar-refractivity contribution in [2.75, 3.05) is 5.32 Å². The van der Waals surface area contributed by atoms with Gasteiger partial charge in [0.25, 0.3) is 0 Å². The Kier molecular flexibility index (Phi) is 3.76. The van der Waals surface area contributed by atoms with E-state index in [2.05, 4.69) is 50.4 Å². The first-order valence-corrected chi connectivity index (χ1v) is 7.54. The molecule has 0 saturated carbocycles. The van der Waals surface area contributed by atoms with Gasteiger partial charge in [0, 0.05) is 17.3 Å². The smallest absolute Gasteiger partial charge is 0.136 e. The molecule has 2 heteroatoms. The fourth-order valence-corrected chi connectivity index (χ4v) is 2.38. The molecule has 112 valence electrons. The fourth-order valence-electron chi connectivity index (χ4n) is 2.38. The van der Waals surface area contributed by atoms with Crippen molar-refractivity contribution in [1.29, 1.82) is 0 Å². The third-order valence-electron chi connectivity index (χ3n) is 3.70. The van der Waals surface area contributed by atoms with Gasteiger partial charge in [0.2, 0.25) is 0 Å². The van der Waals surface area contributed by atoms with Crippen LogP contribution in [0, 0.1) is 0 Å². The predicted octanol–water partition coefficient (Wildman–Crippen LogP) is 5.99. The molecule has 0 aliphatic rings. The summed E-state index contributed by atoms with van der Waals surface area (Å²) in [7, 11) is 0. The average Bonchev–Trinajstić information content (AvgIpc) is 2.96. The molecule has 0 bridgehead atoms. The number of anilines is 2. The number of rotatable bonds is 3. The molecule has 1 heterocycles. The van der Waals surface area contributed by atoms with Gasteiger partial charge in [-0.15, -0.1) is 0 Å². The lowest BCUT2D eigenvalue weighted by Crippen LogP contribution is -2.10. The SMILES string of the molecule is CC(C)(C)c1ccc(Nc2coc(-c3ccccc3)c2)cc1. The van der Waals surface area contributed by atoms with E-state index in [0.29, 0.717) is 0 Å². The molecule has 0 spiro atoms. The predicted molar refractivity (Wildman–Crippen MR) is 92.6 cm³/mol. The largest absolute Gasteiger partial charge is 0.462 e. The molecular formula is C20H21NO. The van der Waals surface area contributed by atoms with Crippen LogP contribution < -0.4 is 5.32 Å². The molecule has 0 unspecified atom stereocenters. The van der Waals surface area contributed by atoms with Crippen LogP contribution in [0.15, 0.2) is 71.3 Å². The third-order valence-corrected chi connectivity index (χ3v) is 3.70. The van der Waals surface area contributed by atoms with Crippen LogP contribution in [-0.4, -0.2) is 0 Å². The number of nitrogens with one attached hydrogen (secondary N) is 1. The molecule has 3 aromatic rings. The minimum Gasteiger partial charge on any atom is -0.462 e. The van der Waals surface area contributed by atoms with Gasteiger partial charge in [-0.25, -0.2) is 0 Å². The molecular weight excluding hydrogens is 270 g/mol.